The number of sulfonamides is 1. The molecule has 0 radical (unpaired) electrons. The maximum atomic E-state index is 12.7. The monoisotopic (exact) mass is 473 g/mol. The first-order valence-corrected chi connectivity index (χ1v) is 12.7. The first-order chi connectivity index (χ1) is 15.6. The van der Waals surface area contributed by atoms with Crippen molar-refractivity contribution in [3.63, 3.8) is 0 Å². The van der Waals surface area contributed by atoms with Gasteiger partial charge in [0.25, 0.3) is 0 Å². The number of anilines is 1. The molecule has 10 heteroatoms. The predicted molar refractivity (Wildman–Crippen MR) is 124 cm³/mol. The number of nitrogens with zero attached hydrogens (tertiary/aromatic N) is 4. The average molecular weight is 474 g/mol. The lowest BCUT2D eigenvalue weighted by atomic mass is 9.87. The Labute approximate surface area is 195 Å². The average Bonchev–Trinajstić information content (AvgIpc) is 3.23. The number of hydrogen-bond acceptors (Lipinski definition) is 7. The van der Waals surface area contributed by atoms with Gasteiger partial charge in [-0.2, -0.15) is 0 Å². The molecule has 1 fully saturated rings. The number of morpholine rings is 1. The second-order valence-corrected chi connectivity index (χ2v) is 11.2. The van der Waals surface area contributed by atoms with Crippen molar-refractivity contribution in [1.29, 1.82) is 0 Å². The molecule has 9 nitrogen and oxygen atoms in total. The Balaban J connectivity index is 1.30. The third-order valence-electron chi connectivity index (χ3n) is 5.95. The van der Waals surface area contributed by atoms with E-state index >= 15 is 0 Å². The molecular weight excluding hydrogens is 442 g/mol. The number of benzene rings is 1. The van der Waals surface area contributed by atoms with Crippen LogP contribution in [0.5, 0.6) is 0 Å². The van der Waals surface area contributed by atoms with E-state index in [-0.39, 0.29) is 29.2 Å². The van der Waals surface area contributed by atoms with Crippen LogP contribution in [0.3, 0.4) is 0 Å². The lowest BCUT2D eigenvalue weighted by Crippen LogP contribution is -2.37. The van der Waals surface area contributed by atoms with Gasteiger partial charge in [0, 0.05) is 44.4 Å². The van der Waals surface area contributed by atoms with Gasteiger partial charge in [-0.1, -0.05) is 32.9 Å². The smallest absolute Gasteiger partial charge is 0.240 e. The van der Waals surface area contributed by atoms with E-state index in [0.717, 1.165) is 29.9 Å². The summed E-state index contributed by atoms with van der Waals surface area (Å²) in [6.07, 6.45) is 1.86. The van der Waals surface area contributed by atoms with Crippen LogP contribution in [0.15, 0.2) is 35.4 Å². The van der Waals surface area contributed by atoms with Gasteiger partial charge >= 0.3 is 0 Å². The summed E-state index contributed by atoms with van der Waals surface area (Å²) < 4.78 is 33.1. The molecular formula is C23H31N5O4S. The second-order valence-electron chi connectivity index (χ2n) is 9.41. The first kappa shape index (κ1) is 23.6. The lowest BCUT2D eigenvalue weighted by molar-refractivity contribution is -0.131. The summed E-state index contributed by atoms with van der Waals surface area (Å²) in [7, 11) is -3.67. The summed E-state index contributed by atoms with van der Waals surface area (Å²) in [6.45, 7) is 9.93. The number of carbonyl (C=O) groups is 1. The maximum Gasteiger partial charge on any atom is 0.240 e. The molecule has 0 spiro atoms. The van der Waals surface area contributed by atoms with Gasteiger partial charge in [-0.05, 0) is 23.1 Å². The Morgan fingerprint density at radius 3 is 2.48 bits per heavy atom. The van der Waals surface area contributed by atoms with E-state index in [9.17, 15) is 13.2 Å². The molecule has 0 unspecified atom stereocenters. The van der Waals surface area contributed by atoms with E-state index in [1.54, 1.807) is 23.2 Å². The zero-order valence-electron chi connectivity index (χ0n) is 19.4. The molecule has 178 valence electrons. The number of fused-ring (bicyclic) bond motifs is 1. The van der Waals surface area contributed by atoms with Gasteiger partial charge in [-0.3, -0.25) is 4.79 Å². The maximum absolute atomic E-state index is 12.7. The van der Waals surface area contributed by atoms with E-state index < -0.39 is 10.0 Å². The van der Waals surface area contributed by atoms with Crippen molar-refractivity contribution >= 4 is 21.9 Å². The minimum absolute atomic E-state index is 0.0414. The Hall–Kier alpha value is -2.56. The van der Waals surface area contributed by atoms with Crippen LogP contribution in [0.2, 0.25) is 0 Å². The Bertz CT molecular complexity index is 1110. The molecule has 1 amide bonds. The molecule has 1 N–H and O–H groups in total. The first-order valence-electron chi connectivity index (χ1n) is 11.2. The Kier molecular flexibility index (Phi) is 6.69. The molecule has 2 aliphatic rings. The van der Waals surface area contributed by atoms with E-state index in [0.29, 0.717) is 32.3 Å². The molecule has 33 heavy (non-hydrogen) atoms. The summed E-state index contributed by atoms with van der Waals surface area (Å²) in [5, 5.41) is 0. The van der Waals surface area contributed by atoms with Gasteiger partial charge in [0.2, 0.25) is 21.9 Å². The van der Waals surface area contributed by atoms with E-state index in [2.05, 4.69) is 40.4 Å². The van der Waals surface area contributed by atoms with Crippen LogP contribution in [0, 0.1) is 0 Å². The van der Waals surface area contributed by atoms with Gasteiger partial charge in [0.05, 0.1) is 30.3 Å². The standard InChI is InChI=1S/C23H31N5O4S/c1-23(2,3)18-4-6-19(7-5-18)33(30,31)25-9-8-21(29)28-15-17-14-24-22(26-20(17)16-28)27-10-12-32-13-11-27/h4-7,14,25H,8-13,15-16H2,1-3H3. The number of nitrogens with one attached hydrogen (secondary N) is 1. The fourth-order valence-electron chi connectivity index (χ4n) is 3.90. The van der Waals surface area contributed by atoms with Gasteiger partial charge in [-0.25, -0.2) is 23.1 Å². The van der Waals surface area contributed by atoms with Crippen LogP contribution in [0.4, 0.5) is 5.95 Å². The van der Waals surface area contributed by atoms with Crippen LogP contribution in [-0.2, 0) is 38.1 Å². The second kappa shape index (κ2) is 9.36. The Morgan fingerprint density at radius 2 is 1.82 bits per heavy atom. The molecule has 1 saturated heterocycles. The van der Waals surface area contributed by atoms with Gasteiger partial charge in [0.1, 0.15) is 0 Å². The summed E-state index contributed by atoms with van der Waals surface area (Å²) in [4.78, 5) is 25.8. The minimum atomic E-state index is -3.67. The molecule has 0 bridgehead atoms. The SMILES string of the molecule is CC(C)(C)c1ccc(S(=O)(=O)NCCC(=O)N2Cc3cnc(N4CCOCC4)nc3C2)cc1. The molecule has 3 heterocycles. The zero-order valence-corrected chi connectivity index (χ0v) is 20.2. The fourth-order valence-corrected chi connectivity index (χ4v) is 4.93. The van der Waals surface area contributed by atoms with Crippen LogP contribution in [0.25, 0.3) is 0 Å². The van der Waals surface area contributed by atoms with Crippen molar-refractivity contribution in [2.24, 2.45) is 0 Å². The topological polar surface area (TPSA) is 105 Å². The number of carbonyl (C=O) groups excluding carboxylic acids is 1. The van der Waals surface area contributed by atoms with E-state index in [1.807, 2.05) is 12.1 Å². The summed E-state index contributed by atoms with van der Waals surface area (Å²) in [6, 6.07) is 6.86. The van der Waals surface area contributed by atoms with Crippen molar-refractivity contribution in [3.8, 4) is 0 Å². The number of aromatic nitrogens is 2. The number of amides is 1. The summed E-state index contributed by atoms with van der Waals surface area (Å²) in [5.74, 6) is 0.545. The van der Waals surface area contributed by atoms with Crippen LogP contribution in [-0.4, -0.2) is 62.0 Å². The van der Waals surface area contributed by atoms with E-state index in [4.69, 9.17) is 4.74 Å². The van der Waals surface area contributed by atoms with Crippen molar-refractivity contribution < 1.29 is 17.9 Å². The van der Waals surface area contributed by atoms with Crippen LogP contribution >= 0.6 is 0 Å². The third kappa shape index (κ3) is 5.51. The van der Waals surface area contributed by atoms with Gasteiger partial charge < -0.3 is 14.5 Å². The number of ether oxygens (including phenoxy) is 1. The number of hydrogen-bond donors (Lipinski definition) is 1. The largest absolute Gasteiger partial charge is 0.378 e. The fraction of sp³-hybridized carbons (Fsp3) is 0.522. The molecule has 1 aromatic carbocycles. The number of rotatable bonds is 6. The zero-order chi connectivity index (χ0) is 23.6. The van der Waals surface area contributed by atoms with Crippen molar-refractivity contribution in [1.82, 2.24) is 19.6 Å². The molecule has 4 rings (SSSR count). The van der Waals surface area contributed by atoms with Crippen molar-refractivity contribution in [2.75, 3.05) is 37.7 Å². The highest BCUT2D eigenvalue weighted by Crippen LogP contribution is 2.24. The van der Waals surface area contributed by atoms with Gasteiger partial charge in [-0.15, -0.1) is 0 Å². The minimum Gasteiger partial charge on any atom is -0.378 e. The van der Waals surface area contributed by atoms with Crippen molar-refractivity contribution in [2.45, 2.75) is 50.6 Å². The van der Waals surface area contributed by atoms with Gasteiger partial charge in [0.15, 0.2) is 0 Å². The molecule has 0 saturated carbocycles. The quantitative estimate of drug-likeness (QED) is 0.682. The normalized spacial score (nSPS) is 16.7. The van der Waals surface area contributed by atoms with E-state index in [1.165, 1.54) is 0 Å². The summed E-state index contributed by atoms with van der Waals surface area (Å²) in [5.41, 5.74) is 2.78. The predicted octanol–water partition coefficient (Wildman–Crippen LogP) is 1.82. The molecule has 2 aromatic rings. The molecule has 1 aromatic heterocycles. The van der Waals surface area contributed by atoms with Crippen LogP contribution < -0.4 is 9.62 Å². The highest BCUT2D eigenvalue weighted by atomic mass is 32.2. The molecule has 2 aliphatic heterocycles. The Morgan fingerprint density at radius 1 is 1.12 bits per heavy atom. The lowest BCUT2D eigenvalue weighted by Gasteiger charge is -2.26. The summed E-state index contributed by atoms with van der Waals surface area (Å²) >= 11 is 0. The van der Waals surface area contributed by atoms with Crippen molar-refractivity contribution in [3.05, 3.63) is 47.3 Å². The third-order valence-corrected chi connectivity index (χ3v) is 7.43. The highest BCUT2D eigenvalue weighted by molar-refractivity contribution is 7.89. The van der Waals surface area contributed by atoms with Crippen LogP contribution in [0.1, 0.15) is 44.0 Å². The molecule has 0 atom stereocenters. The highest BCUT2D eigenvalue weighted by Gasteiger charge is 2.27. The molecule has 0 aliphatic carbocycles.